The Morgan fingerprint density at radius 3 is 3.00 bits per heavy atom. The van der Waals surface area contributed by atoms with Crippen molar-refractivity contribution in [1.82, 2.24) is 15.5 Å². The molecule has 0 aromatic rings. The maximum absolute atomic E-state index is 9.03. The van der Waals surface area contributed by atoms with Crippen LogP contribution < -0.4 is 10.6 Å². The molecule has 5 heteroatoms. The molecule has 0 aromatic heterocycles. The molecule has 0 spiro atoms. The zero-order valence-electron chi connectivity index (χ0n) is 9.08. The minimum Gasteiger partial charge on any atom is -0.395 e. The molecule has 1 saturated heterocycles. The third-order valence-electron chi connectivity index (χ3n) is 2.93. The molecule has 0 amide bonds. The highest BCUT2D eigenvalue weighted by Crippen LogP contribution is 2.07. The van der Waals surface area contributed by atoms with Crippen molar-refractivity contribution in [3.05, 3.63) is 0 Å². The number of guanidine groups is 1. The van der Waals surface area contributed by atoms with Crippen LogP contribution in [0.3, 0.4) is 0 Å². The Labute approximate surface area is 90.6 Å². The monoisotopic (exact) mass is 212 g/mol. The van der Waals surface area contributed by atoms with Gasteiger partial charge in [0.25, 0.3) is 0 Å². The lowest BCUT2D eigenvalue weighted by atomic mass is 10.2. The molecule has 0 bridgehead atoms. The maximum atomic E-state index is 9.03. The van der Waals surface area contributed by atoms with Crippen LogP contribution in [0.25, 0.3) is 0 Å². The van der Waals surface area contributed by atoms with Gasteiger partial charge in [-0.3, -0.25) is 4.99 Å². The summed E-state index contributed by atoms with van der Waals surface area (Å²) in [5.74, 6) is 0.956. The van der Waals surface area contributed by atoms with Crippen LogP contribution in [0.1, 0.15) is 12.8 Å². The lowest BCUT2D eigenvalue weighted by Gasteiger charge is -2.26. The van der Waals surface area contributed by atoms with Crippen molar-refractivity contribution in [3.63, 3.8) is 0 Å². The largest absolute Gasteiger partial charge is 0.395 e. The van der Waals surface area contributed by atoms with E-state index in [0.29, 0.717) is 12.6 Å². The van der Waals surface area contributed by atoms with Gasteiger partial charge in [0.05, 0.1) is 13.2 Å². The molecule has 2 rings (SSSR count). The summed E-state index contributed by atoms with van der Waals surface area (Å²) in [5.41, 5.74) is 0. The van der Waals surface area contributed by atoms with Crippen molar-refractivity contribution in [2.24, 2.45) is 4.99 Å². The lowest BCUT2D eigenvalue weighted by Crippen LogP contribution is -2.46. The SMILES string of the molecule is OCCN(CC1CCCN1)C1=NCCN1. The molecule has 2 aliphatic heterocycles. The first-order valence-corrected chi connectivity index (χ1v) is 5.77. The van der Waals surface area contributed by atoms with Gasteiger partial charge in [0, 0.05) is 25.7 Å². The number of hydrogen-bond acceptors (Lipinski definition) is 5. The quantitative estimate of drug-likeness (QED) is 0.559. The van der Waals surface area contributed by atoms with Gasteiger partial charge in [0.1, 0.15) is 0 Å². The number of nitrogens with one attached hydrogen (secondary N) is 2. The lowest BCUT2D eigenvalue weighted by molar-refractivity contribution is 0.239. The number of aliphatic hydroxyl groups is 1. The average molecular weight is 212 g/mol. The van der Waals surface area contributed by atoms with Crippen molar-refractivity contribution in [2.45, 2.75) is 18.9 Å². The van der Waals surface area contributed by atoms with E-state index in [2.05, 4.69) is 20.5 Å². The summed E-state index contributed by atoms with van der Waals surface area (Å²) in [5, 5.41) is 15.7. The minimum atomic E-state index is 0.188. The van der Waals surface area contributed by atoms with E-state index in [1.807, 2.05) is 0 Å². The maximum Gasteiger partial charge on any atom is 0.194 e. The van der Waals surface area contributed by atoms with Gasteiger partial charge >= 0.3 is 0 Å². The predicted octanol–water partition coefficient (Wildman–Crippen LogP) is -1.01. The van der Waals surface area contributed by atoms with Crippen LogP contribution >= 0.6 is 0 Å². The molecule has 2 aliphatic rings. The number of nitrogens with zero attached hydrogens (tertiary/aromatic N) is 2. The Bertz CT molecular complexity index is 225. The number of rotatable bonds is 4. The molecule has 0 aliphatic carbocycles. The molecule has 5 nitrogen and oxygen atoms in total. The van der Waals surface area contributed by atoms with E-state index in [9.17, 15) is 0 Å². The van der Waals surface area contributed by atoms with Crippen molar-refractivity contribution in [1.29, 1.82) is 0 Å². The molecule has 1 fully saturated rings. The van der Waals surface area contributed by atoms with Gasteiger partial charge in [0.15, 0.2) is 5.96 Å². The molecular weight excluding hydrogens is 192 g/mol. The summed E-state index contributed by atoms with van der Waals surface area (Å²) in [7, 11) is 0. The van der Waals surface area contributed by atoms with Crippen molar-refractivity contribution < 1.29 is 5.11 Å². The van der Waals surface area contributed by atoms with E-state index in [4.69, 9.17) is 5.11 Å². The minimum absolute atomic E-state index is 0.188. The summed E-state index contributed by atoms with van der Waals surface area (Å²) >= 11 is 0. The van der Waals surface area contributed by atoms with Gasteiger partial charge in [-0.1, -0.05) is 0 Å². The topological polar surface area (TPSA) is 59.9 Å². The second kappa shape index (κ2) is 5.32. The van der Waals surface area contributed by atoms with Crippen LogP contribution in [0.15, 0.2) is 4.99 Å². The predicted molar refractivity (Wildman–Crippen MR) is 60.0 cm³/mol. The van der Waals surface area contributed by atoms with Crippen LogP contribution in [-0.4, -0.2) is 61.3 Å². The molecule has 1 atom stereocenters. The fourth-order valence-electron chi connectivity index (χ4n) is 2.18. The first-order chi connectivity index (χ1) is 7.40. The molecule has 0 aromatic carbocycles. The number of hydrogen-bond donors (Lipinski definition) is 3. The highest BCUT2D eigenvalue weighted by Gasteiger charge is 2.21. The summed E-state index contributed by atoms with van der Waals surface area (Å²) in [6.45, 7) is 4.71. The summed E-state index contributed by atoms with van der Waals surface area (Å²) in [6.07, 6.45) is 2.49. The first-order valence-electron chi connectivity index (χ1n) is 5.77. The Morgan fingerprint density at radius 1 is 1.47 bits per heavy atom. The van der Waals surface area contributed by atoms with Crippen LogP contribution in [0.5, 0.6) is 0 Å². The van der Waals surface area contributed by atoms with Gasteiger partial charge in [0.2, 0.25) is 0 Å². The normalized spacial score (nSPS) is 25.1. The fourth-order valence-corrected chi connectivity index (χ4v) is 2.18. The highest BCUT2D eigenvalue weighted by molar-refractivity contribution is 5.81. The van der Waals surface area contributed by atoms with Crippen LogP contribution in [0.2, 0.25) is 0 Å². The van der Waals surface area contributed by atoms with Crippen LogP contribution in [0.4, 0.5) is 0 Å². The molecule has 3 N–H and O–H groups in total. The summed E-state index contributed by atoms with van der Waals surface area (Å²) in [6, 6.07) is 0.557. The van der Waals surface area contributed by atoms with Gasteiger partial charge in [-0.2, -0.15) is 0 Å². The Balaban J connectivity index is 1.86. The second-order valence-corrected chi connectivity index (χ2v) is 4.10. The van der Waals surface area contributed by atoms with E-state index >= 15 is 0 Å². The molecule has 0 radical (unpaired) electrons. The highest BCUT2D eigenvalue weighted by atomic mass is 16.3. The van der Waals surface area contributed by atoms with Gasteiger partial charge in [-0.05, 0) is 19.4 Å². The van der Waals surface area contributed by atoms with E-state index in [1.165, 1.54) is 12.8 Å². The molecule has 1 unspecified atom stereocenters. The van der Waals surface area contributed by atoms with Crippen LogP contribution in [0, 0.1) is 0 Å². The smallest absolute Gasteiger partial charge is 0.194 e. The van der Waals surface area contributed by atoms with E-state index in [-0.39, 0.29) is 6.61 Å². The summed E-state index contributed by atoms with van der Waals surface area (Å²) in [4.78, 5) is 6.54. The third kappa shape index (κ3) is 2.82. The Morgan fingerprint density at radius 2 is 2.40 bits per heavy atom. The van der Waals surface area contributed by atoms with E-state index in [0.717, 1.165) is 32.1 Å². The van der Waals surface area contributed by atoms with Gasteiger partial charge in [-0.15, -0.1) is 0 Å². The Kier molecular flexibility index (Phi) is 3.80. The molecule has 15 heavy (non-hydrogen) atoms. The van der Waals surface area contributed by atoms with Crippen molar-refractivity contribution >= 4 is 5.96 Å². The van der Waals surface area contributed by atoms with Crippen LogP contribution in [-0.2, 0) is 0 Å². The van der Waals surface area contributed by atoms with Gasteiger partial charge in [-0.25, -0.2) is 0 Å². The molecule has 2 heterocycles. The van der Waals surface area contributed by atoms with E-state index in [1.54, 1.807) is 0 Å². The molecule has 86 valence electrons. The average Bonchev–Trinajstić information content (AvgIpc) is 2.89. The number of aliphatic hydroxyl groups excluding tert-OH is 1. The fraction of sp³-hybridized carbons (Fsp3) is 0.900. The third-order valence-corrected chi connectivity index (χ3v) is 2.93. The van der Waals surface area contributed by atoms with Gasteiger partial charge < -0.3 is 20.6 Å². The first kappa shape index (κ1) is 10.7. The second-order valence-electron chi connectivity index (χ2n) is 4.10. The zero-order valence-corrected chi connectivity index (χ0v) is 9.08. The summed E-state index contributed by atoms with van der Waals surface area (Å²) < 4.78 is 0. The molecule has 0 saturated carbocycles. The van der Waals surface area contributed by atoms with E-state index < -0.39 is 0 Å². The Hall–Kier alpha value is -0.810. The van der Waals surface area contributed by atoms with Crippen molar-refractivity contribution in [2.75, 3.05) is 39.3 Å². The van der Waals surface area contributed by atoms with Crippen molar-refractivity contribution in [3.8, 4) is 0 Å². The number of aliphatic imine (C=N–C) groups is 1. The zero-order chi connectivity index (χ0) is 10.5. The molecular formula is C10H20N4O. The standard InChI is InChI=1S/C10H20N4O/c15-7-6-14(10-12-4-5-13-10)8-9-2-1-3-11-9/h9,11,15H,1-8H2,(H,12,13).